The van der Waals surface area contributed by atoms with Gasteiger partial charge >= 0.3 is 0 Å². The standard InChI is InChI=1S/C24H43NO8/c1-4-32-24-20(6-5-9-26)21(19(2)3)18-22(33-24)23(27)25-7-10-28-12-14-30-16-17-31-15-13-29-11-8-25/h18-21,24,26H,4-17H2,1-3H3/t20-,21+,24+/m1/s1. The number of ether oxygens (including phenoxy) is 6. The number of carbonyl (C=O) groups is 1. The highest BCUT2D eigenvalue weighted by Gasteiger charge is 2.39. The number of hydrogen-bond donors (Lipinski definition) is 1. The fraction of sp³-hybridized carbons (Fsp3) is 0.875. The topological polar surface area (TPSA) is 95.9 Å². The summed E-state index contributed by atoms with van der Waals surface area (Å²) in [5, 5.41) is 9.33. The maximum atomic E-state index is 13.5. The van der Waals surface area contributed by atoms with Gasteiger partial charge in [-0.1, -0.05) is 13.8 Å². The van der Waals surface area contributed by atoms with Crippen molar-refractivity contribution in [3.63, 3.8) is 0 Å². The molecule has 9 heteroatoms. The largest absolute Gasteiger partial charge is 0.459 e. The van der Waals surface area contributed by atoms with E-state index in [2.05, 4.69) is 13.8 Å². The monoisotopic (exact) mass is 473 g/mol. The van der Waals surface area contributed by atoms with Crippen molar-refractivity contribution in [3.8, 4) is 0 Å². The zero-order valence-electron chi connectivity index (χ0n) is 20.5. The van der Waals surface area contributed by atoms with Crippen molar-refractivity contribution in [2.45, 2.75) is 39.9 Å². The number of nitrogens with zero attached hydrogens (tertiary/aromatic N) is 1. The summed E-state index contributed by atoms with van der Waals surface area (Å²) in [6.07, 6.45) is 2.89. The van der Waals surface area contributed by atoms with Crippen LogP contribution in [0.1, 0.15) is 33.6 Å². The Labute approximate surface area is 198 Å². The zero-order valence-corrected chi connectivity index (χ0v) is 20.5. The predicted octanol–water partition coefficient (Wildman–Crippen LogP) is 1.83. The van der Waals surface area contributed by atoms with Crippen LogP contribution in [0.25, 0.3) is 0 Å². The van der Waals surface area contributed by atoms with Gasteiger partial charge in [0.25, 0.3) is 5.91 Å². The van der Waals surface area contributed by atoms with Gasteiger partial charge < -0.3 is 38.4 Å². The highest BCUT2D eigenvalue weighted by atomic mass is 16.7. The summed E-state index contributed by atoms with van der Waals surface area (Å²) < 4.78 is 34.2. The third-order valence-electron chi connectivity index (χ3n) is 5.85. The van der Waals surface area contributed by atoms with E-state index in [1.807, 2.05) is 13.0 Å². The lowest BCUT2D eigenvalue weighted by Gasteiger charge is -2.39. The normalized spacial score (nSPS) is 26.8. The second kappa shape index (κ2) is 16.4. The maximum Gasteiger partial charge on any atom is 0.288 e. The third-order valence-corrected chi connectivity index (χ3v) is 5.85. The molecule has 0 bridgehead atoms. The first kappa shape index (κ1) is 28.0. The number of carbonyl (C=O) groups excluding carboxylic acids is 1. The van der Waals surface area contributed by atoms with Gasteiger partial charge in [0.1, 0.15) is 0 Å². The number of amides is 1. The Morgan fingerprint density at radius 2 is 1.58 bits per heavy atom. The first-order valence-corrected chi connectivity index (χ1v) is 12.3. The van der Waals surface area contributed by atoms with Crippen LogP contribution < -0.4 is 0 Å². The van der Waals surface area contributed by atoms with Gasteiger partial charge in [0.05, 0.1) is 52.9 Å². The molecule has 2 rings (SSSR count). The molecule has 9 nitrogen and oxygen atoms in total. The molecule has 3 atom stereocenters. The van der Waals surface area contributed by atoms with E-state index in [0.717, 1.165) is 6.42 Å². The van der Waals surface area contributed by atoms with Gasteiger partial charge in [-0.15, -0.1) is 0 Å². The van der Waals surface area contributed by atoms with Crippen molar-refractivity contribution in [2.24, 2.45) is 17.8 Å². The van der Waals surface area contributed by atoms with E-state index in [0.29, 0.717) is 90.6 Å². The van der Waals surface area contributed by atoms with E-state index in [1.165, 1.54) is 0 Å². The Morgan fingerprint density at radius 1 is 1.03 bits per heavy atom. The quantitative estimate of drug-likeness (QED) is 0.598. The van der Waals surface area contributed by atoms with E-state index in [4.69, 9.17) is 28.4 Å². The molecule has 0 aromatic rings. The summed E-state index contributed by atoms with van der Waals surface area (Å²) in [5.41, 5.74) is 0. The summed E-state index contributed by atoms with van der Waals surface area (Å²) in [6, 6.07) is 0. The lowest BCUT2D eigenvalue weighted by Crippen LogP contribution is -2.44. The molecule has 0 aromatic heterocycles. The van der Waals surface area contributed by atoms with Crippen LogP contribution in [0.2, 0.25) is 0 Å². The van der Waals surface area contributed by atoms with Crippen LogP contribution in [0, 0.1) is 17.8 Å². The van der Waals surface area contributed by atoms with Crippen LogP contribution in [0.15, 0.2) is 11.8 Å². The SMILES string of the molecule is CCO[C@H]1OC(C(=O)N2CCOCCOCCOCCOCC2)=C[C@@H](C(C)C)[C@H]1CCCO. The Balaban J connectivity index is 2.11. The van der Waals surface area contributed by atoms with Crippen molar-refractivity contribution in [1.82, 2.24) is 4.90 Å². The zero-order chi connectivity index (χ0) is 23.9. The van der Waals surface area contributed by atoms with Crippen molar-refractivity contribution < 1.29 is 38.3 Å². The fourth-order valence-electron chi connectivity index (χ4n) is 4.10. The van der Waals surface area contributed by atoms with Crippen molar-refractivity contribution >= 4 is 5.91 Å². The molecule has 0 unspecified atom stereocenters. The molecule has 1 saturated heterocycles. The molecule has 0 spiro atoms. The molecule has 1 N–H and O–H groups in total. The van der Waals surface area contributed by atoms with E-state index in [1.54, 1.807) is 4.90 Å². The lowest BCUT2D eigenvalue weighted by molar-refractivity contribution is -0.178. The molecule has 0 radical (unpaired) electrons. The molecule has 2 aliphatic rings. The Morgan fingerprint density at radius 3 is 2.06 bits per heavy atom. The van der Waals surface area contributed by atoms with Gasteiger partial charge in [0.15, 0.2) is 5.76 Å². The Bertz CT molecular complexity index is 555. The van der Waals surface area contributed by atoms with Crippen LogP contribution in [-0.2, 0) is 33.2 Å². The van der Waals surface area contributed by atoms with E-state index in [9.17, 15) is 9.90 Å². The van der Waals surface area contributed by atoms with Crippen LogP contribution in [0.4, 0.5) is 0 Å². The molecule has 192 valence electrons. The summed E-state index contributed by atoms with van der Waals surface area (Å²) in [7, 11) is 0. The van der Waals surface area contributed by atoms with Gasteiger partial charge in [-0.3, -0.25) is 4.79 Å². The van der Waals surface area contributed by atoms with Crippen LogP contribution >= 0.6 is 0 Å². The average molecular weight is 474 g/mol. The summed E-state index contributed by atoms with van der Waals surface area (Å²) in [6.45, 7) is 11.4. The molecule has 2 aliphatic heterocycles. The molecule has 1 fully saturated rings. The van der Waals surface area contributed by atoms with E-state index in [-0.39, 0.29) is 24.3 Å². The molecule has 33 heavy (non-hydrogen) atoms. The van der Waals surface area contributed by atoms with Crippen LogP contribution in [0.5, 0.6) is 0 Å². The second-order valence-electron chi connectivity index (χ2n) is 8.57. The van der Waals surface area contributed by atoms with Gasteiger partial charge in [0, 0.05) is 32.2 Å². The third kappa shape index (κ3) is 9.88. The Kier molecular flexibility index (Phi) is 13.9. The number of rotatable bonds is 7. The predicted molar refractivity (Wildman–Crippen MR) is 123 cm³/mol. The van der Waals surface area contributed by atoms with Gasteiger partial charge in [-0.05, 0) is 37.7 Å². The number of aliphatic hydroxyl groups is 1. The molecular formula is C24H43NO8. The first-order chi connectivity index (χ1) is 16.1. The number of allylic oxidation sites excluding steroid dienone is 1. The minimum atomic E-state index is -0.511. The summed E-state index contributed by atoms with van der Waals surface area (Å²) in [5.74, 6) is 0.638. The summed E-state index contributed by atoms with van der Waals surface area (Å²) in [4.78, 5) is 15.2. The number of aliphatic hydroxyl groups excluding tert-OH is 1. The molecule has 0 aromatic carbocycles. The smallest absolute Gasteiger partial charge is 0.288 e. The molecule has 2 heterocycles. The molecular weight excluding hydrogens is 430 g/mol. The molecule has 1 amide bonds. The Hall–Kier alpha value is -1.23. The van der Waals surface area contributed by atoms with Gasteiger partial charge in [0.2, 0.25) is 6.29 Å². The lowest BCUT2D eigenvalue weighted by atomic mass is 9.78. The van der Waals surface area contributed by atoms with Crippen molar-refractivity contribution in [2.75, 3.05) is 79.2 Å². The average Bonchev–Trinajstić information content (AvgIpc) is 2.82. The highest BCUT2D eigenvalue weighted by Crippen LogP contribution is 2.37. The second-order valence-corrected chi connectivity index (χ2v) is 8.57. The van der Waals surface area contributed by atoms with E-state index < -0.39 is 6.29 Å². The van der Waals surface area contributed by atoms with Crippen LogP contribution in [-0.4, -0.2) is 101 Å². The maximum absolute atomic E-state index is 13.5. The van der Waals surface area contributed by atoms with Crippen molar-refractivity contribution in [3.05, 3.63) is 11.8 Å². The fourth-order valence-corrected chi connectivity index (χ4v) is 4.10. The molecule has 0 aliphatic carbocycles. The van der Waals surface area contributed by atoms with E-state index >= 15 is 0 Å². The van der Waals surface area contributed by atoms with Crippen molar-refractivity contribution in [1.29, 1.82) is 0 Å². The first-order valence-electron chi connectivity index (χ1n) is 12.3. The minimum Gasteiger partial charge on any atom is -0.459 e. The number of hydrogen-bond acceptors (Lipinski definition) is 8. The van der Waals surface area contributed by atoms with Crippen LogP contribution in [0.3, 0.4) is 0 Å². The molecule has 0 saturated carbocycles. The van der Waals surface area contributed by atoms with Gasteiger partial charge in [-0.2, -0.15) is 0 Å². The van der Waals surface area contributed by atoms with Gasteiger partial charge in [-0.25, -0.2) is 0 Å². The minimum absolute atomic E-state index is 0.0863. The highest BCUT2D eigenvalue weighted by molar-refractivity contribution is 5.91. The summed E-state index contributed by atoms with van der Waals surface area (Å²) >= 11 is 0.